The van der Waals surface area contributed by atoms with Crippen LogP contribution >= 0.6 is 23.2 Å². The fourth-order valence-corrected chi connectivity index (χ4v) is 3.19. The zero-order valence-electron chi connectivity index (χ0n) is 16.0. The highest BCUT2D eigenvalue weighted by Gasteiger charge is 2.14. The first kappa shape index (κ1) is 21.1. The molecule has 3 aromatic rings. The number of anilines is 1. The number of methoxy groups -OCH3 is 1. The number of nitrogens with zero attached hydrogens (tertiary/aromatic N) is 4. The monoisotopic (exact) mass is 439 g/mol. The zero-order valence-corrected chi connectivity index (χ0v) is 17.5. The van der Waals surface area contributed by atoms with Crippen molar-refractivity contribution in [3.63, 3.8) is 0 Å². The minimum atomic E-state index is -0.406. The van der Waals surface area contributed by atoms with Gasteiger partial charge in [-0.3, -0.25) is 0 Å². The number of aromatic nitrogens is 4. The van der Waals surface area contributed by atoms with Crippen LogP contribution in [0.4, 0.5) is 10.3 Å². The van der Waals surface area contributed by atoms with Gasteiger partial charge in [0.05, 0.1) is 17.2 Å². The Morgan fingerprint density at radius 1 is 1.17 bits per heavy atom. The van der Waals surface area contributed by atoms with E-state index in [-0.39, 0.29) is 11.6 Å². The van der Waals surface area contributed by atoms with Gasteiger partial charge in [-0.1, -0.05) is 41.3 Å². The molecule has 1 heterocycles. The van der Waals surface area contributed by atoms with Crippen molar-refractivity contribution in [3.8, 4) is 11.5 Å². The molecule has 0 aliphatic rings. The van der Waals surface area contributed by atoms with Crippen molar-refractivity contribution in [1.82, 2.24) is 20.2 Å². The molecule has 1 aromatic heterocycles. The van der Waals surface area contributed by atoms with E-state index in [4.69, 9.17) is 32.7 Å². The molecule has 0 saturated carbocycles. The SMILES string of the molecule is CCCn1nnnc1NCc1cc(Cl)c(OCc2ccc(F)cc2Cl)c(OC)c1. The van der Waals surface area contributed by atoms with Gasteiger partial charge < -0.3 is 14.8 Å². The maximum Gasteiger partial charge on any atom is 0.243 e. The molecule has 0 fully saturated rings. The predicted octanol–water partition coefficient (Wildman–Crippen LogP) is 4.73. The van der Waals surface area contributed by atoms with Crippen molar-refractivity contribution in [2.45, 2.75) is 33.0 Å². The molecule has 3 rings (SSSR count). The molecule has 2 aromatic carbocycles. The molecule has 0 aliphatic carbocycles. The Kier molecular flexibility index (Phi) is 7.11. The molecule has 0 saturated heterocycles. The molecule has 0 spiro atoms. The Morgan fingerprint density at radius 3 is 2.72 bits per heavy atom. The summed E-state index contributed by atoms with van der Waals surface area (Å²) in [6, 6.07) is 7.71. The molecular weight excluding hydrogens is 420 g/mol. The average Bonchev–Trinajstić information content (AvgIpc) is 3.13. The third-order valence-electron chi connectivity index (χ3n) is 4.09. The van der Waals surface area contributed by atoms with Gasteiger partial charge in [-0.15, -0.1) is 0 Å². The standard InChI is InChI=1S/C19H20Cl2FN5O2/c1-3-6-27-19(24-25-26-27)23-10-12-7-16(21)18(17(8-12)28-2)29-11-13-4-5-14(22)9-15(13)20/h4-5,7-9H,3,6,10-11H2,1-2H3,(H,23,24,26). The second-order valence-corrected chi connectivity index (χ2v) is 7.03. The first-order valence-electron chi connectivity index (χ1n) is 8.95. The summed E-state index contributed by atoms with van der Waals surface area (Å²) in [4.78, 5) is 0. The summed E-state index contributed by atoms with van der Waals surface area (Å²) in [7, 11) is 1.53. The molecule has 7 nitrogen and oxygen atoms in total. The van der Waals surface area contributed by atoms with Gasteiger partial charge >= 0.3 is 0 Å². The first-order chi connectivity index (χ1) is 14.0. The van der Waals surface area contributed by atoms with Crippen LogP contribution in [0.2, 0.25) is 10.0 Å². The molecule has 0 aliphatic heterocycles. The van der Waals surface area contributed by atoms with E-state index in [1.165, 1.54) is 19.2 Å². The second-order valence-electron chi connectivity index (χ2n) is 6.21. The van der Waals surface area contributed by atoms with E-state index in [9.17, 15) is 4.39 Å². The molecule has 154 valence electrons. The van der Waals surface area contributed by atoms with Crippen LogP contribution in [0.5, 0.6) is 11.5 Å². The number of ether oxygens (including phenoxy) is 2. The topological polar surface area (TPSA) is 74.1 Å². The summed E-state index contributed by atoms with van der Waals surface area (Å²) in [6.45, 7) is 3.34. The molecule has 29 heavy (non-hydrogen) atoms. The number of tetrazole rings is 1. The van der Waals surface area contributed by atoms with Crippen LogP contribution in [0.15, 0.2) is 30.3 Å². The van der Waals surface area contributed by atoms with E-state index in [0.717, 1.165) is 18.5 Å². The Balaban J connectivity index is 1.72. The van der Waals surface area contributed by atoms with E-state index >= 15 is 0 Å². The van der Waals surface area contributed by atoms with Gasteiger partial charge in [0.2, 0.25) is 5.95 Å². The lowest BCUT2D eigenvalue weighted by atomic mass is 10.2. The Hall–Kier alpha value is -2.58. The van der Waals surface area contributed by atoms with Gasteiger partial charge in [-0.2, -0.15) is 0 Å². The number of halogens is 3. The maximum atomic E-state index is 13.2. The van der Waals surface area contributed by atoms with E-state index in [1.54, 1.807) is 16.8 Å². The van der Waals surface area contributed by atoms with Gasteiger partial charge in [0.15, 0.2) is 11.5 Å². The van der Waals surface area contributed by atoms with Crippen molar-refractivity contribution in [3.05, 3.63) is 57.3 Å². The van der Waals surface area contributed by atoms with E-state index in [1.807, 2.05) is 13.0 Å². The Bertz CT molecular complexity index is 983. The third-order valence-corrected chi connectivity index (χ3v) is 4.73. The van der Waals surface area contributed by atoms with Crippen LogP contribution in [0.3, 0.4) is 0 Å². The van der Waals surface area contributed by atoms with Crippen molar-refractivity contribution < 1.29 is 13.9 Å². The molecule has 0 atom stereocenters. The van der Waals surface area contributed by atoms with E-state index in [2.05, 4.69) is 20.8 Å². The number of aryl methyl sites for hydroxylation is 1. The molecule has 0 bridgehead atoms. The molecule has 0 unspecified atom stereocenters. The lowest BCUT2D eigenvalue weighted by Crippen LogP contribution is -2.09. The second kappa shape index (κ2) is 9.76. The Morgan fingerprint density at radius 2 is 2.00 bits per heavy atom. The fraction of sp³-hybridized carbons (Fsp3) is 0.316. The highest BCUT2D eigenvalue weighted by Crippen LogP contribution is 2.37. The average molecular weight is 440 g/mol. The van der Waals surface area contributed by atoms with Crippen molar-refractivity contribution >= 4 is 29.2 Å². The van der Waals surface area contributed by atoms with Gasteiger partial charge in [0.1, 0.15) is 12.4 Å². The highest BCUT2D eigenvalue weighted by atomic mass is 35.5. The van der Waals surface area contributed by atoms with Gasteiger partial charge in [0, 0.05) is 18.7 Å². The quantitative estimate of drug-likeness (QED) is 0.519. The molecular formula is C19H20Cl2FN5O2. The number of nitrogens with one attached hydrogen (secondary N) is 1. The molecule has 0 amide bonds. The minimum Gasteiger partial charge on any atom is -0.493 e. The van der Waals surface area contributed by atoms with Crippen molar-refractivity contribution in [2.24, 2.45) is 0 Å². The molecule has 1 N–H and O–H groups in total. The van der Waals surface area contributed by atoms with Gasteiger partial charge in [0.25, 0.3) is 0 Å². The Labute approximate surface area is 177 Å². The van der Waals surface area contributed by atoms with Gasteiger partial charge in [-0.05, 0) is 46.7 Å². The maximum absolute atomic E-state index is 13.2. The largest absolute Gasteiger partial charge is 0.493 e. The molecule has 10 heteroatoms. The summed E-state index contributed by atoms with van der Waals surface area (Å²) in [6.07, 6.45) is 0.920. The lowest BCUT2D eigenvalue weighted by molar-refractivity contribution is 0.284. The number of rotatable bonds is 9. The lowest BCUT2D eigenvalue weighted by Gasteiger charge is -2.15. The summed E-state index contributed by atoms with van der Waals surface area (Å²) >= 11 is 12.5. The summed E-state index contributed by atoms with van der Waals surface area (Å²) in [5.74, 6) is 1.03. The number of hydrogen-bond donors (Lipinski definition) is 1. The van der Waals surface area contributed by atoms with Crippen LogP contribution in [0.1, 0.15) is 24.5 Å². The van der Waals surface area contributed by atoms with Crippen LogP contribution in [-0.2, 0) is 19.7 Å². The van der Waals surface area contributed by atoms with Crippen LogP contribution in [-0.4, -0.2) is 27.3 Å². The zero-order chi connectivity index (χ0) is 20.8. The van der Waals surface area contributed by atoms with Crippen molar-refractivity contribution in [2.75, 3.05) is 12.4 Å². The summed E-state index contributed by atoms with van der Waals surface area (Å²) in [5, 5.41) is 15.4. The molecule has 0 radical (unpaired) electrons. The number of benzene rings is 2. The smallest absolute Gasteiger partial charge is 0.243 e. The van der Waals surface area contributed by atoms with Crippen molar-refractivity contribution in [1.29, 1.82) is 0 Å². The van der Waals surface area contributed by atoms with E-state index < -0.39 is 5.82 Å². The summed E-state index contributed by atoms with van der Waals surface area (Å²) in [5.41, 5.74) is 1.50. The predicted molar refractivity (Wildman–Crippen MR) is 109 cm³/mol. The number of hydrogen-bond acceptors (Lipinski definition) is 6. The van der Waals surface area contributed by atoms with Gasteiger partial charge in [-0.25, -0.2) is 9.07 Å². The van der Waals surface area contributed by atoms with E-state index in [0.29, 0.717) is 34.6 Å². The van der Waals surface area contributed by atoms with Crippen LogP contribution < -0.4 is 14.8 Å². The third kappa shape index (κ3) is 5.27. The van der Waals surface area contributed by atoms with Crippen LogP contribution in [0, 0.1) is 5.82 Å². The fourth-order valence-electron chi connectivity index (χ4n) is 2.68. The minimum absolute atomic E-state index is 0.124. The first-order valence-corrected chi connectivity index (χ1v) is 9.70. The summed E-state index contributed by atoms with van der Waals surface area (Å²) < 4.78 is 26.1. The van der Waals surface area contributed by atoms with Crippen LogP contribution in [0.25, 0.3) is 0 Å². The highest BCUT2D eigenvalue weighted by molar-refractivity contribution is 6.32. The normalized spacial score (nSPS) is 10.8.